The summed E-state index contributed by atoms with van der Waals surface area (Å²) in [6, 6.07) is 0. The van der Waals surface area contributed by atoms with Gasteiger partial charge < -0.3 is 39.4 Å². The Balaban J connectivity index is 1.79. The van der Waals surface area contributed by atoms with Crippen molar-refractivity contribution in [2.75, 3.05) is 13.2 Å². The molecular formula is C22H32O10. The number of ether oxygens (including phenoxy) is 4. The van der Waals surface area contributed by atoms with E-state index >= 15 is 0 Å². The number of aliphatic hydroxyl groups excluding tert-OH is 3. The van der Waals surface area contributed by atoms with Gasteiger partial charge in [-0.3, -0.25) is 9.59 Å². The molecule has 10 heteroatoms. The van der Waals surface area contributed by atoms with E-state index in [4.69, 9.17) is 18.9 Å². The Hall–Kier alpha value is -1.56. The van der Waals surface area contributed by atoms with Crippen LogP contribution < -0.4 is 0 Å². The molecule has 1 spiro atoms. The monoisotopic (exact) mass is 456 g/mol. The standard InChI is InChI=1S/C22H32O10/c1-10-6-12-21(8-29-11(2)23,17(27)15(10)32-13(24)7-19(3,4)28)20(5)16(26)14(25)18(31-12)22(20)9-30-22/h6,12,14-18,25-28H,7-9H2,1-5H3/t12-,14-,15-,16-,17-,18-,20-,21-,22+/m1/s1. The van der Waals surface area contributed by atoms with Crippen LogP contribution in [0.5, 0.6) is 0 Å². The number of carbonyl (C=O) groups is 2. The number of hydrogen-bond acceptors (Lipinski definition) is 10. The third-order valence-electron chi connectivity index (χ3n) is 7.81. The molecule has 2 saturated heterocycles. The highest BCUT2D eigenvalue weighted by atomic mass is 16.6. The van der Waals surface area contributed by atoms with Crippen LogP contribution in [0, 0.1) is 10.8 Å². The van der Waals surface area contributed by atoms with Crippen molar-refractivity contribution in [2.45, 2.75) is 88.9 Å². The Morgan fingerprint density at radius 2 is 1.88 bits per heavy atom. The molecule has 3 fully saturated rings. The Labute approximate surface area is 186 Å². The first-order valence-corrected chi connectivity index (χ1v) is 10.8. The Morgan fingerprint density at radius 3 is 2.41 bits per heavy atom. The van der Waals surface area contributed by atoms with E-state index in [-0.39, 0.29) is 19.6 Å². The summed E-state index contributed by atoms with van der Waals surface area (Å²) in [6.45, 7) is 7.34. The minimum absolute atomic E-state index is 0.190. The molecule has 4 rings (SSSR count). The molecule has 2 heterocycles. The summed E-state index contributed by atoms with van der Waals surface area (Å²) in [5, 5.41) is 43.6. The zero-order valence-corrected chi connectivity index (χ0v) is 18.9. The molecule has 2 aliphatic carbocycles. The fourth-order valence-corrected chi connectivity index (χ4v) is 6.05. The van der Waals surface area contributed by atoms with Gasteiger partial charge in [0, 0.05) is 12.3 Å². The van der Waals surface area contributed by atoms with Crippen LogP contribution in [0.2, 0.25) is 0 Å². The third-order valence-corrected chi connectivity index (χ3v) is 7.81. The maximum absolute atomic E-state index is 12.5. The second-order valence-corrected chi connectivity index (χ2v) is 10.4. The van der Waals surface area contributed by atoms with E-state index in [9.17, 15) is 30.0 Å². The number of fused-ring (bicyclic) bond motifs is 2. The van der Waals surface area contributed by atoms with Crippen molar-refractivity contribution in [3.05, 3.63) is 11.6 Å². The van der Waals surface area contributed by atoms with Gasteiger partial charge in [0.05, 0.1) is 36.3 Å². The lowest BCUT2D eigenvalue weighted by Crippen LogP contribution is -2.73. The molecule has 0 amide bonds. The van der Waals surface area contributed by atoms with Gasteiger partial charge in [-0.2, -0.15) is 0 Å². The lowest BCUT2D eigenvalue weighted by atomic mass is 9.49. The predicted octanol–water partition coefficient (Wildman–Crippen LogP) is -0.792. The molecule has 4 N–H and O–H groups in total. The first-order chi connectivity index (χ1) is 14.7. The average Bonchev–Trinajstić information content (AvgIpc) is 3.45. The molecule has 1 saturated carbocycles. The number of esters is 2. The lowest BCUT2D eigenvalue weighted by molar-refractivity contribution is -0.274. The second-order valence-electron chi connectivity index (χ2n) is 10.4. The highest BCUT2D eigenvalue weighted by molar-refractivity contribution is 5.71. The summed E-state index contributed by atoms with van der Waals surface area (Å²) >= 11 is 0. The third kappa shape index (κ3) is 3.00. The summed E-state index contributed by atoms with van der Waals surface area (Å²) in [4.78, 5) is 24.3. The van der Waals surface area contributed by atoms with Gasteiger partial charge in [0.2, 0.25) is 0 Å². The first-order valence-electron chi connectivity index (χ1n) is 10.8. The fourth-order valence-electron chi connectivity index (χ4n) is 6.05. The topological polar surface area (TPSA) is 155 Å². The highest BCUT2D eigenvalue weighted by Crippen LogP contribution is 2.71. The molecule has 0 unspecified atom stereocenters. The summed E-state index contributed by atoms with van der Waals surface area (Å²) in [7, 11) is 0. The van der Waals surface area contributed by atoms with Crippen molar-refractivity contribution in [1.29, 1.82) is 0 Å². The minimum Gasteiger partial charge on any atom is -0.465 e. The molecule has 0 aromatic rings. The van der Waals surface area contributed by atoms with Crippen LogP contribution in [0.4, 0.5) is 0 Å². The van der Waals surface area contributed by atoms with Gasteiger partial charge >= 0.3 is 11.9 Å². The molecule has 0 aromatic heterocycles. The number of hydrogen-bond donors (Lipinski definition) is 4. The Bertz CT molecular complexity index is 842. The van der Waals surface area contributed by atoms with Gasteiger partial charge in [0.15, 0.2) is 0 Å². The summed E-state index contributed by atoms with van der Waals surface area (Å²) in [6.07, 6.45) is -5.55. The molecule has 2 bridgehead atoms. The minimum atomic E-state index is -1.48. The van der Waals surface area contributed by atoms with Crippen LogP contribution in [-0.4, -0.2) is 93.4 Å². The van der Waals surface area contributed by atoms with Crippen molar-refractivity contribution < 1.29 is 49.0 Å². The zero-order chi connectivity index (χ0) is 23.9. The molecular weight excluding hydrogens is 424 g/mol. The summed E-state index contributed by atoms with van der Waals surface area (Å²) in [5.41, 5.74) is -4.66. The van der Waals surface area contributed by atoms with Gasteiger partial charge in [0.1, 0.15) is 36.6 Å². The number of aliphatic hydroxyl groups is 4. The van der Waals surface area contributed by atoms with E-state index < -0.39 is 70.6 Å². The van der Waals surface area contributed by atoms with Gasteiger partial charge in [-0.15, -0.1) is 0 Å². The normalized spacial score (nSPS) is 47.0. The number of epoxide rings is 1. The Morgan fingerprint density at radius 1 is 1.25 bits per heavy atom. The van der Waals surface area contributed by atoms with Gasteiger partial charge in [-0.05, 0) is 26.3 Å². The largest absolute Gasteiger partial charge is 0.465 e. The van der Waals surface area contributed by atoms with Crippen molar-refractivity contribution >= 4 is 11.9 Å². The molecule has 180 valence electrons. The zero-order valence-electron chi connectivity index (χ0n) is 18.9. The van der Waals surface area contributed by atoms with Crippen LogP contribution in [0.3, 0.4) is 0 Å². The summed E-state index contributed by atoms with van der Waals surface area (Å²) < 4.78 is 22.9. The van der Waals surface area contributed by atoms with Crippen LogP contribution >= 0.6 is 0 Å². The molecule has 10 nitrogen and oxygen atoms in total. The maximum Gasteiger partial charge on any atom is 0.309 e. The molecule has 32 heavy (non-hydrogen) atoms. The van der Waals surface area contributed by atoms with E-state index in [1.807, 2.05) is 0 Å². The molecule has 0 aromatic carbocycles. The van der Waals surface area contributed by atoms with Crippen molar-refractivity contribution in [1.82, 2.24) is 0 Å². The van der Waals surface area contributed by atoms with Gasteiger partial charge in [-0.1, -0.05) is 13.0 Å². The van der Waals surface area contributed by atoms with E-state index in [1.54, 1.807) is 19.9 Å². The highest BCUT2D eigenvalue weighted by Gasteiger charge is 2.86. The second kappa shape index (κ2) is 7.22. The van der Waals surface area contributed by atoms with E-state index in [2.05, 4.69) is 0 Å². The van der Waals surface area contributed by atoms with Gasteiger partial charge in [-0.25, -0.2) is 0 Å². The summed E-state index contributed by atoms with van der Waals surface area (Å²) in [5.74, 6) is -1.32. The quantitative estimate of drug-likeness (QED) is 0.235. The maximum atomic E-state index is 12.5. The van der Waals surface area contributed by atoms with Crippen LogP contribution in [0.25, 0.3) is 0 Å². The Kier molecular flexibility index (Phi) is 5.32. The van der Waals surface area contributed by atoms with E-state index in [0.717, 1.165) is 0 Å². The smallest absolute Gasteiger partial charge is 0.309 e. The average molecular weight is 456 g/mol. The molecule has 4 aliphatic rings. The van der Waals surface area contributed by atoms with Crippen molar-refractivity contribution in [3.8, 4) is 0 Å². The molecule has 2 aliphatic heterocycles. The van der Waals surface area contributed by atoms with Crippen molar-refractivity contribution in [3.63, 3.8) is 0 Å². The molecule has 0 radical (unpaired) electrons. The fraction of sp³-hybridized carbons (Fsp3) is 0.818. The van der Waals surface area contributed by atoms with Crippen LogP contribution in [0.1, 0.15) is 41.0 Å². The van der Waals surface area contributed by atoms with E-state index in [1.165, 1.54) is 20.8 Å². The first kappa shape index (κ1) is 23.6. The lowest BCUT2D eigenvalue weighted by Gasteiger charge is -2.60. The number of rotatable bonds is 5. The number of carbonyl (C=O) groups excluding carboxylic acids is 2. The van der Waals surface area contributed by atoms with Crippen molar-refractivity contribution in [2.24, 2.45) is 10.8 Å². The van der Waals surface area contributed by atoms with E-state index in [0.29, 0.717) is 5.57 Å². The molecule has 9 atom stereocenters. The van der Waals surface area contributed by atoms with Crippen LogP contribution in [0.15, 0.2) is 11.6 Å². The SMILES string of the molecule is CC(=O)OC[C@]12[C@H](O)[C@H](OC(=O)CC(C)(C)O)C(C)=C[C@H]1O[C@@H]1[C@H](O)[C@@H](O)[C@@]2(C)[C@]12CO2. The van der Waals surface area contributed by atoms with Crippen LogP contribution in [-0.2, 0) is 28.5 Å². The predicted molar refractivity (Wildman–Crippen MR) is 107 cm³/mol. The van der Waals surface area contributed by atoms with Gasteiger partial charge in [0.25, 0.3) is 0 Å².